The Morgan fingerprint density at radius 3 is 2.77 bits per heavy atom. The number of phenols is 1. The zero-order chi connectivity index (χ0) is 29.3. The van der Waals surface area contributed by atoms with Crippen LogP contribution in [-0.2, 0) is 0 Å². The van der Waals surface area contributed by atoms with Crippen molar-refractivity contribution in [2.45, 2.75) is 55.9 Å². The minimum atomic E-state index is -0.882. The molecular formula is C33H32F2N6O2. The maximum absolute atomic E-state index is 16.8. The van der Waals surface area contributed by atoms with Gasteiger partial charge in [-0.05, 0) is 73.4 Å². The molecule has 4 atom stereocenters. The van der Waals surface area contributed by atoms with Crippen LogP contribution >= 0.6 is 0 Å². The summed E-state index contributed by atoms with van der Waals surface area (Å²) in [7, 11) is 0. The van der Waals surface area contributed by atoms with Crippen molar-refractivity contribution in [3.8, 4) is 35.2 Å². The number of hydrogen-bond donors (Lipinski definition) is 2. The Hall–Kier alpha value is -4.07. The van der Waals surface area contributed by atoms with E-state index < -0.39 is 12.0 Å². The highest BCUT2D eigenvalue weighted by Crippen LogP contribution is 2.42. The van der Waals surface area contributed by atoms with Crippen molar-refractivity contribution in [3.63, 3.8) is 0 Å². The second kappa shape index (κ2) is 10.00. The van der Waals surface area contributed by atoms with Crippen LogP contribution in [0.3, 0.4) is 0 Å². The number of terminal acetylenes is 1. The molecule has 0 spiro atoms. The average Bonchev–Trinajstić information content (AvgIpc) is 3.65. The van der Waals surface area contributed by atoms with Crippen LogP contribution < -0.4 is 15.0 Å². The largest absolute Gasteiger partial charge is 0.508 e. The molecule has 43 heavy (non-hydrogen) atoms. The topological polar surface area (TPSA) is 86.6 Å². The van der Waals surface area contributed by atoms with Crippen molar-refractivity contribution in [1.82, 2.24) is 25.2 Å². The van der Waals surface area contributed by atoms with Crippen molar-refractivity contribution >= 4 is 27.5 Å². The van der Waals surface area contributed by atoms with Crippen molar-refractivity contribution < 1.29 is 18.6 Å². The van der Waals surface area contributed by atoms with E-state index in [1.165, 1.54) is 6.07 Å². The number of benzene rings is 2. The first kappa shape index (κ1) is 26.5. The van der Waals surface area contributed by atoms with Crippen LogP contribution in [0.4, 0.5) is 14.6 Å². The van der Waals surface area contributed by atoms with Gasteiger partial charge in [-0.3, -0.25) is 4.90 Å². The molecule has 4 saturated heterocycles. The molecule has 8 rings (SSSR count). The Morgan fingerprint density at radius 1 is 1.12 bits per heavy atom. The average molecular weight is 583 g/mol. The van der Waals surface area contributed by atoms with E-state index in [2.05, 4.69) is 31.0 Å². The van der Waals surface area contributed by atoms with Gasteiger partial charge < -0.3 is 20.1 Å². The molecule has 8 nitrogen and oxygen atoms in total. The summed E-state index contributed by atoms with van der Waals surface area (Å²) in [6.45, 7) is 3.02. The highest BCUT2D eigenvalue weighted by Gasteiger charge is 2.49. The summed E-state index contributed by atoms with van der Waals surface area (Å²) in [6, 6.07) is 9.12. The van der Waals surface area contributed by atoms with Gasteiger partial charge in [0.1, 0.15) is 35.6 Å². The summed E-state index contributed by atoms with van der Waals surface area (Å²) >= 11 is 0. The van der Waals surface area contributed by atoms with E-state index in [1.807, 2.05) is 6.07 Å². The van der Waals surface area contributed by atoms with Gasteiger partial charge >= 0.3 is 6.01 Å². The van der Waals surface area contributed by atoms with Gasteiger partial charge in [0, 0.05) is 60.7 Å². The molecular weight excluding hydrogens is 550 g/mol. The van der Waals surface area contributed by atoms with Gasteiger partial charge in [0.05, 0.1) is 5.54 Å². The van der Waals surface area contributed by atoms with Crippen LogP contribution in [0, 0.1) is 18.2 Å². The molecule has 220 valence electrons. The second-order valence-electron chi connectivity index (χ2n) is 12.5. The minimum absolute atomic E-state index is 0.0111. The van der Waals surface area contributed by atoms with Crippen LogP contribution in [0.1, 0.15) is 37.8 Å². The van der Waals surface area contributed by atoms with Crippen molar-refractivity contribution in [1.29, 1.82) is 0 Å². The quantitative estimate of drug-likeness (QED) is 0.331. The van der Waals surface area contributed by atoms with Gasteiger partial charge in [-0.2, -0.15) is 9.97 Å². The van der Waals surface area contributed by atoms with E-state index in [9.17, 15) is 9.50 Å². The Morgan fingerprint density at radius 2 is 1.95 bits per heavy atom. The number of aromatic hydroxyl groups is 1. The van der Waals surface area contributed by atoms with E-state index >= 15 is 4.39 Å². The Labute approximate surface area is 248 Å². The van der Waals surface area contributed by atoms with Crippen molar-refractivity contribution in [2.75, 3.05) is 37.7 Å². The lowest BCUT2D eigenvalue weighted by Crippen LogP contribution is -2.51. The Bertz CT molecular complexity index is 1800. The third-order valence-electron chi connectivity index (χ3n) is 9.79. The maximum Gasteiger partial charge on any atom is 0.319 e. The van der Waals surface area contributed by atoms with Gasteiger partial charge in [0.15, 0.2) is 5.82 Å². The Balaban J connectivity index is 1.27. The predicted octanol–water partition coefficient (Wildman–Crippen LogP) is 4.57. The molecule has 4 aliphatic heterocycles. The number of alkyl halides is 1. The van der Waals surface area contributed by atoms with Gasteiger partial charge in [-0.25, -0.2) is 13.8 Å². The van der Waals surface area contributed by atoms with Crippen LogP contribution in [0.5, 0.6) is 11.8 Å². The van der Waals surface area contributed by atoms with Crippen LogP contribution in [-0.4, -0.2) is 81.5 Å². The fourth-order valence-corrected chi connectivity index (χ4v) is 7.88. The molecule has 0 unspecified atom stereocenters. The lowest BCUT2D eigenvalue weighted by molar-refractivity contribution is 0.107. The molecule has 6 heterocycles. The minimum Gasteiger partial charge on any atom is -0.508 e. The van der Waals surface area contributed by atoms with E-state index in [0.717, 1.165) is 45.3 Å². The van der Waals surface area contributed by atoms with Crippen LogP contribution in [0.15, 0.2) is 36.5 Å². The first-order valence-corrected chi connectivity index (χ1v) is 15.0. The monoisotopic (exact) mass is 582 g/mol. The molecule has 10 heteroatoms. The summed E-state index contributed by atoms with van der Waals surface area (Å²) in [4.78, 5) is 18.2. The summed E-state index contributed by atoms with van der Waals surface area (Å²) in [6.07, 6.45) is 10.9. The molecule has 0 amide bonds. The van der Waals surface area contributed by atoms with Gasteiger partial charge in [0.25, 0.3) is 0 Å². The first-order valence-electron chi connectivity index (χ1n) is 15.0. The highest BCUT2D eigenvalue weighted by molar-refractivity contribution is 6.03. The third kappa shape index (κ3) is 4.36. The standard InChI is InChI=1S/C33H32F2N6O2/c1-2-27-28-19(8-10-36-27)12-23(42)13-26(28)24-6-7-25-30(29(24)35)38-32(39-31(25)40-16-21-4-5-22(17-40)37-21)43-18-33-9-3-11-41(33)15-20(34)14-33/h1,6-8,10,12-13,20-22,37,42H,3-5,9,11,14-18H2/t20-,21-,22+,33+/m1/s1. The molecule has 0 radical (unpaired) electrons. The summed E-state index contributed by atoms with van der Waals surface area (Å²) in [5, 5.41) is 16.0. The molecule has 2 bridgehead atoms. The lowest BCUT2D eigenvalue weighted by atomic mass is 9.95. The van der Waals surface area contributed by atoms with Gasteiger partial charge in [-0.1, -0.05) is 6.07 Å². The zero-order valence-corrected chi connectivity index (χ0v) is 23.7. The number of hydrogen-bond acceptors (Lipinski definition) is 8. The van der Waals surface area contributed by atoms with Gasteiger partial charge in [-0.15, -0.1) is 6.42 Å². The number of piperazine rings is 1. The molecule has 0 aliphatic carbocycles. The zero-order valence-electron chi connectivity index (χ0n) is 23.7. The number of anilines is 1. The van der Waals surface area contributed by atoms with E-state index in [1.54, 1.807) is 24.4 Å². The fraction of sp³-hybridized carbons (Fsp3) is 0.424. The van der Waals surface area contributed by atoms with E-state index in [0.29, 0.717) is 58.3 Å². The molecule has 2 aromatic carbocycles. The number of phenolic OH excluding ortho intramolecular Hbond substituents is 1. The number of aromatic nitrogens is 3. The number of fused-ring (bicyclic) bond motifs is 5. The van der Waals surface area contributed by atoms with Crippen molar-refractivity contribution in [2.24, 2.45) is 0 Å². The Kier molecular flexibility index (Phi) is 6.17. The maximum atomic E-state index is 16.8. The number of nitrogens with one attached hydrogen (secondary N) is 1. The van der Waals surface area contributed by atoms with Gasteiger partial charge in [0.2, 0.25) is 0 Å². The normalized spacial score (nSPS) is 26.7. The number of ether oxygens (including phenoxy) is 1. The number of pyridine rings is 1. The first-order chi connectivity index (χ1) is 20.9. The number of halogens is 2. The smallest absolute Gasteiger partial charge is 0.319 e. The molecule has 2 aromatic heterocycles. The molecule has 4 fully saturated rings. The van der Waals surface area contributed by atoms with Crippen LogP contribution in [0.25, 0.3) is 32.8 Å². The van der Waals surface area contributed by atoms with E-state index in [-0.39, 0.29) is 35.0 Å². The number of nitrogens with zero attached hydrogens (tertiary/aromatic N) is 5. The van der Waals surface area contributed by atoms with Crippen molar-refractivity contribution in [3.05, 3.63) is 48.0 Å². The SMILES string of the molecule is C#Cc1nccc2cc(O)cc(-c3ccc4c(N5C[C@H]6CC[C@@H](C5)N6)nc(OC[C@@]56CCCN5C[C@H](F)C6)nc4c3F)c12. The third-order valence-corrected chi connectivity index (χ3v) is 9.79. The highest BCUT2D eigenvalue weighted by atomic mass is 19.1. The molecule has 4 aliphatic rings. The fourth-order valence-electron chi connectivity index (χ4n) is 7.88. The summed E-state index contributed by atoms with van der Waals surface area (Å²) in [5.74, 6) is 2.65. The molecule has 0 saturated carbocycles. The van der Waals surface area contributed by atoms with Crippen LogP contribution in [0.2, 0.25) is 0 Å². The molecule has 4 aromatic rings. The van der Waals surface area contributed by atoms with E-state index in [4.69, 9.17) is 16.1 Å². The summed E-state index contributed by atoms with van der Waals surface area (Å²) in [5.41, 5.74) is 0.774. The predicted molar refractivity (Wildman–Crippen MR) is 161 cm³/mol. The number of rotatable bonds is 5. The second-order valence-corrected chi connectivity index (χ2v) is 12.5. The molecule has 2 N–H and O–H groups in total. The summed E-state index contributed by atoms with van der Waals surface area (Å²) < 4.78 is 37.5. The lowest BCUT2D eigenvalue weighted by Gasteiger charge is -2.34.